The molecule has 0 saturated carbocycles. The van der Waals surface area contributed by atoms with Crippen molar-refractivity contribution in [2.75, 3.05) is 11.1 Å². The zero-order valence-corrected chi connectivity index (χ0v) is 22.2. The topological polar surface area (TPSA) is 74.6 Å². The fourth-order valence-corrected chi connectivity index (χ4v) is 6.06. The minimum atomic E-state index is -4.48. The maximum atomic E-state index is 12.8. The summed E-state index contributed by atoms with van der Waals surface area (Å²) in [5.41, 5.74) is 1.52. The van der Waals surface area contributed by atoms with Crippen LogP contribution in [0.25, 0.3) is 10.2 Å². The number of phenolic OH excluding ortho intramolecular Hbond substituents is 1. The first-order valence-electron chi connectivity index (χ1n) is 9.81. The van der Waals surface area contributed by atoms with Gasteiger partial charge in [0.1, 0.15) is 5.75 Å². The number of carbonyl (C=O) groups excluding carboxylic acids is 1. The Hall–Kier alpha value is -2.41. The van der Waals surface area contributed by atoms with Crippen molar-refractivity contribution in [2.45, 2.75) is 10.5 Å². The van der Waals surface area contributed by atoms with Gasteiger partial charge in [0.05, 0.1) is 36.2 Å². The third kappa shape index (κ3) is 6.63. The quantitative estimate of drug-likeness (QED) is 0.165. The third-order valence-corrected chi connectivity index (χ3v) is 7.92. The standard InChI is InChI=1S/C23H14Br2F3N3O2S2/c24-16-6-12(7-17(25)21(16)33)10-29-14-4-5-18-19(9-14)35-22(31-18)34-11-20(32)30-15-3-1-2-13(8-15)23(26,27)28/h1-10,33H,11H2,(H,30,32). The van der Waals surface area contributed by atoms with Gasteiger partial charge in [-0.15, -0.1) is 11.3 Å². The number of halogens is 5. The summed E-state index contributed by atoms with van der Waals surface area (Å²) in [7, 11) is 0. The molecule has 0 radical (unpaired) electrons. The first kappa shape index (κ1) is 25.7. The van der Waals surface area contributed by atoms with E-state index in [9.17, 15) is 23.1 Å². The van der Waals surface area contributed by atoms with Crippen molar-refractivity contribution in [3.05, 3.63) is 74.7 Å². The van der Waals surface area contributed by atoms with Crippen molar-refractivity contribution in [2.24, 2.45) is 4.99 Å². The van der Waals surface area contributed by atoms with E-state index in [0.29, 0.717) is 19.0 Å². The van der Waals surface area contributed by atoms with Crippen LogP contribution in [0, 0.1) is 0 Å². The molecule has 35 heavy (non-hydrogen) atoms. The predicted molar refractivity (Wildman–Crippen MR) is 141 cm³/mol. The summed E-state index contributed by atoms with van der Waals surface area (Å²) >= 11 is 9.18. The van der Waals surface area contributed by atoms with Gasteiger partial charge in [-0.25, -0.2) is 4.98 Å². The van der Waals surface area contributed by atoms with Gasteiger partial charge in [0.25, 0.3) is 0 Å². The molecular weight excluding hydrogens is 631 g/mol. The monoisotopic (exact) mass is 643 g/mol. The largest absolute Gasteiger partial charge is 0.506 e. The van der Waals surface area contributed by atoms with Gasteiger partial charge in [0.2, 0.25) is 5.91 Å². The molecule has 0 aliphatic rings. The highest BCUT2D eigenvalue weighted by Gasteiger charge is 2.30. The number of benzene rings is 3. The number of amides is 1. The number of fused-ring (bicyclic) bond motifs is 1. The summed E-state index contributed by atoms with van der Waals surface area (Å²) in [4.78, 5) is 21.2. The van der Waals surface area contributed by atoms with Crippen LogP contribution >= 0.6 is 55.0 Å². The molecule has 0 fully saturated rings. The molecule has 5 nitrogen and oxygen atoms in total. The summed E-state index contributed by atoms with van der Waals surface area (Å²) in [6.07, 6.45) is -2.80. The van der Waals surface area contributed by atoms with Crippen LogP contribution in [0.3, 0.4) is 0 Å². The zero-order chi connectivity index (χ0) is 25.2. The van der Waals surface area contributed by atoms with Crippen molar-refractivity contribution < 1.29 is 23.1 Å². The minimum Gasteiger partial charge on any atom is -0.506 e. The van der Waals surface area contributed by atoms with E-state index in [2.05, 4.69) is 47.2 Å². The number of aromatic hydroxyl groups is 1. The SMILES string of the molecule is O=C(CSc1nc2ccc(N=Cc3cc(Br)c(O)c(Br)c3)cc2s1)Nc1cccc(C(F)(F)F)c1. The molecule has 180 valence electrons. The molecular formula is C23H14Br2F3N3O2S2. The molecule has 0 saturated heterocycles. The number of carbonyl (C=O) groups is 1. The third-order valence-electron chi connectivity index (χ3n) is 4.55. The molecule has 12 heteroatoms. The van der Waals surface area contributed by atoms with Gasteiger partial charge in [-0.3, -0.25) is 9.79 Å². The van der Waals surface area contributed by atoms with Crippen molar-refractivity contribution in [1.29, 1.82) is 0 Å². The molecule has 1 amide bonds. The lowest BCUT2D eigenvalue weighted by molar-refractivity contribution is -0.137. The zero-order valence-electron chi connectivity index (χ0n) is 17.4. The van der Waals surface area contributed by atoms with Crippen LogP contribution in [0.1, 0.15) is 11.1 Å². The van der Waals surface area contributed by atoms with E-state index in [-0.39, 0.29) is 17.2 Å². The summed E-state index contributed by atoms with van der Waals surface area (Å²) in [5, 5.41) is 12.3. The van der Waals surface area contributed by atoms with Crippen LogP contribution in [0.2, 0.25) is 0 Å². The predicted octanol–water partition coefficient (Wildman–Crippen LogP) is 8.03. The van der Waals surface area contributed by atoms with E-state index in [0.717, 1.165) is 27.9 Å². The Morgan fingerprint density at radius 1 is 1.14 bits per heavy atom. The van der Waals surface area contributed by atoms with E-state index in [4.69, 9.17) is 0 Å². The molecule has 0 aliphatic carbocycles. The van der Waals surface area contributed by atoms with Crippen LogP contribution in [0.5, 0.6) is 5.75 Å². The maximum Gasteiger partial charge on any atom is 0.416 e. The van der Waals surface area contributed by atoms with Gasteiger partial charge in [0, 0.05) is 11.9 Å². The molecule has 2 N–H and O–H groups in total. The second-order valence-corrected chi connectivity index (χ2v) is 11.1. The lowest BCUT2D eigenvalue weighted by atomic mass is 10.2. The summed E-state index contributed by atoms with van der Waals surface area (Å²) in [5.74, 6) is -0.307. The number of thioether (sulfide) groups is 1. The number of anilines is 1. The normalized spacial score (nSPS) is 11.9. The molecule has 4 aromatic rings. The van der Waals surface area contributed by atoms with Gasteiger partial charge < -0.3 is 10.4 Å². The average molecular weight is 645 g/mol. The van der Waals surface area contributed by atoms with Crippen LogP contribution in [0.4, 0.5) is 24.5 Å². The average Bonchev–Trinajstić information content (AvgIpc) is 3.21. The number of rotatable bonds is 6. The number of hydrogen-bond donors (Lipinski definition) is 2. The Morgan fingerprint density at radius 3 is 2.60 bits per heavy atom. The number of alkyl halides is 3. The lowest BCUT2D eigenvalue weighted by Gasteiger charge is -2.09. The van der Waals surface area contributed by atoms with Crippen molar-refractivity contribution in [1.82, 2.24) is 4.98 Å². The summed E-state index contributed by atoms with van der Waals surface area (Å²) in [6, 6.07) is 13.5. The van der Waals surface area contributed by atoms with E-state index in [1.165, 1.54) is 35.2 Å². The molecule has 0 aliphatic heterocycles. The smallest absolute Gasteiger partial charge is 0.416 e. The van der Waals surface area contributed by atoms with Gasteiger partial charge >= 0.3 is 6.18 Å². The Kier molecular flexibility index (Phi) is 7.84. The number of nitrogens with one attached hydrogen (secondary N) is 1. The highest BCUT2D eigenvalue weighted by atomic mass is 79.9. The highest BCUT2D eigenvalue weighted by molar-refractivity contribution is 9.11. The molecule has 1 heterocycles. The second kappa shape index (κ2) is 10.7. The van der Waals surface area contributed by atoms with Crippen molar-refractivity contribution in [3.63, 3.8) is 0 Å². The molecule has 4 rings (SSSR count). The van der Waals surface area contributed by atoms with Crippen LogP contribution in [-0.4, -0.2) is 28.0 Å². The number of aromatic nitrogens is 1. The number of phenols is 1. The number of hydrogen-bond acceptors (Lipinski definition) is 6. The number of thiazole rings is 1. The fourth-order valence-electron chi connectivity index (χ4n) is 2.94. The van der Waals surface area contributed by atoms with Crippen molar-refractivity contribution >= 4 is 88.7 Å². The first-order chi connectivity index (χ1) is 16.6. The van der Waals surface area contributed by atoms with Crippen molar-refractivity contribution in [3.8, 4) is 5.75 Å². The fraction of sp³-hybridized carbons (Fsp3) is 0.0870. The Labute approximate surface area is 222 Å². The highest BCUT2D eigenvalue weighted by Crippen LogP contribution is 2.34. The minimum absolute atomic E-state index is 0.00564. The van der Waals surface area contributed by atoms with E-state index in [1.807, 2.05) is 18.2 Å². The summed E-state index contributed by atoms with van der Waals surface area (Å²) in [6.45, 7) is 0. The Bertz CT molecular complexity index is 1420. The van der Waals surface area contributed by atoms with Crippen LogP contribution in [-0.2, 0) is 11.0 Å². The lowest BCUT2D eigenvalue weighted by Crippen LogP contribution is -2.14. The Morgan fingerprint density at radius 2 is 1.89 bits per heavy atom. The van der Waals surface area contributed by atoms with E-state index < -0.39 is 17.6 Å². The first-order valence-corrected chi connectivity index (χ1v) is 13.2. The van der Waals surface area contributed by atoms with Gasteiger partial charge in [0.15, 0.2) is 4.34 Å². The number of nitrogens with zero attached hydrogens (tertiary/aromatic N) is 2. The molecule has 0 spiro atoms. The van der Waals surface area contributed by atoms with E-state index in [1.54, 1.807) is 18.3 Å². The van der Waals surface area contributed by atoms with Gasteiger partial charge in [-0.05, 0) is 86.0 Å². The van der Waals surface area contributed by atoms with Crippen LogP contribution in [0.15, 0.2) is 72.9 Å². The van der Waals surface area contributed by atoms with Crippen LogP contribution < -0.4 is 5.32 Å². The molecule has 0 bridgehead atoms. The Balaban J connectivity index is 1.40. The molecule has 0 unspecified atom stereocenters. The maximum absolute atomic E-state index is 12.8. The van der Waals surface area contributed by atoms with Gasteiger partial charge in [-0.1, -0.05) is 17.8 Å². The summed E-state index contributed by atoms with van der Waals surface area (Å²) < 4.78 is 41.2. The molecule has 3 aromatic carbocycles. The van der Waals surface area contributed by atoms with E-state index >= 15 is 0 Å². The molecule has 0 atom stereocenters. The van der Waals surface area contributed by atoms with Gasteiger partial charge in [-0.2, -0.15) is 13.2 Å². The second-order valence-electron chi connectivity index (χ2n) is 7.14. The number of aliphatic imine (C=N–C) groups is 1. The molecule has 1 aromatic heterocycles.